The van der Waals surface area contributed by atoms with Crippen molar-refractivity contribution in [2.75, 3.05) is 5.88 Å². The fraction of sp³-hybridized carbons (Fsp3) is 0.200. The van der Waals surface area contributed by atoms with Crippen LogP contribution in [0.1, 0.15) is 11.1 Å². The molecule has 2 nitrogen and oxygen atoms in total. The molecule has 0 bridgehead atoms. The van der Waals surface area contributed by atoms with Gasteiger partial charge in [0.05, 0.1) is 17.5 Å². The molecular weight excluding hydrogens is 186 g/mol. The number of rotatable bonds is 3. The van der Waals surface area contributed by atoms with Gasteiger partial charge >= 0.3 is 0 Å². The highest BCUT2D eigenvalue weighted by Crippen LogP contribution is 2.04. The number of halogens is 1. The summed E-state index contributed by atoms with van der Waals surface area (Å²) in [5.74, 6) is 0.0337. The first-order valence-electron chi connectivity index (χ1n) is 3.83. The Morgan fingerprint density at radius 2 is 2.00 bits per heavy atom. The summed E-state index contributed by atoms with van der Waals surface area (Å²) in [4.78, 5) is 10.9. The summed E-state index contributed by atoms with van der Waals surface area (Å²) < 4.78 is 0. The number of alkyl halides is 1. The lowest BCUT2D eigenvalue weighted by Gasteiger charge is -1.97. The Morgan fingerprint density at radius 1 is 1.38 bits per heavy atom. The van der Waals surface area contributed by atoms with Crippen LogP contribution in [0, 0.1) is 11.3 Å². The van der Waals surface area contributed by atoms with E-state index >= 15 is 0 Å². The van der Waals surface area contributed by atoms with Crippen molar-refractivity contribution in [1.82, 2.24) is 0 Å². The van der Waals surface area contributed by atoms with Gasteiger partial charge in [-0.3, -0.25) is 4.79 Å². The Labute approximate surface area is 81.7 Å². The zero-order valence-corrected chi connectivity index (χ0v) is 7.71. The largest absolute Gasteiger partial charge is 0.298 e. The Bertz CT molecular complexity index is 337. The minimum Gasteiger partial charge on any atom is -0.298 e. The van der Waals surface area contributed by atoms with Gasteiger partial charge in [-0.15, -0.1) is 11.6 Å². The summed E-state index contributed by atoms with van der Waals surface area (Å²) in [7, 11) is 0. The summed E-state index contributed by atoms with van der Waals surface area (Å²) >= 11 is 5.36. The van der Waals surface area contributed by atoms with Crippen LogP contribution in [0.2, 0.25) is 0 Å². The minimum atomic E-state index is -0.00799. The number of carbonyl (C=O) groups excluding carboxylic acids is 1. The number of hydrogen-bond donors (Lipinski definition) is 0. The van der Waals surface area contributed by atoms with Gasteiger partial charge in [-0.05, 0) is 17.7 Å². The van der Waals surface area contributed by atoms with Gasteiger partial charge in [0.1, 0.15) is 0 Å². The molecule has 0 saturated carbocycles. The molecule has 0 unspecified atom stereocenters. The van der Waals surface area contributed by atoms with Crippen molar-refractivity contribution in [1.29, 1.82) is 5.26 Å². The van der Waals surface area contributed by atoms with Gasteiger partial charge in [0, 0.05) is 6.42 Å². The van der Waals surface area contributed by atoms with Crippen molar-refractivity contribution < 1.29 is 4.79 Å². The quantitative estimate of drug-likeness (QED) is 0.688. The highest BCUT2D eigenvalue weighted by atomic mass is 35.5. The van der Waals surface area contributed by atoms with Crippen molar-refractivity contribution in [2.24, 2.45) is 0 Å². The highest BCUT2D eigenvalue weighted by molar-refractivity contribution is 6.27. The normalized spacial score (nSPS) is 9.23. The third-order valence-electron chi connectivity index (χ3n) is 1.63. The predicted octanol–water partition coefficient (Wildman–Crippen LogP) is 1.91. The van der Waals surface area contributed by atoms with Crippen LogP contribution in [-0.2, 0) is 11.2 Å². The average molecular weight is 194 g/mol. The van der Waals surface area contributed by atoms with E-state index in [1.54, 1.807) is 24.3 Å². The third kappa shape index (κ3) is 2.89. The maximum atomic E-state index is 10.9. The van der Waals surface area contributed by atoms with E-state index in [1.165, 1.54) is 0 Å². The van der Waals surface area contributed by atoms with E-state index in [0.29, 0.717) is 12.0 Å². The second-order valence-electron chi connectivity index (χ2n) is 2.66. The van der Waals surface area contributed by atoms with E-state index < -0.39 is 0 Å². The van der Waals surface area contributed by atoms with Crippen LogP contribution in [-0.4, -0.2) is 11.7 Å². The summed E-state index contributed by atoms with van der Waals surface area (Å²) in [5, 5.41) is 8.52. The van der Waals surface area contributed by atoms with E-state index in [9.17, 15) is 4.79 Å². The SMILES string of the molecule is N#Cc1ccc(CC(=O)CCl)cc1. The van der Waals surface area contributed by atoms with Gasteiger partial charge in [0.15, 0.2) is 5.78 Å². The molecule has 1 aromatic rings. The van der Waals surface area contributed by atoms with E-state index in [1.807, 2.05) is 6.07 Å². The number of carbonyl (C=O) groups is 1. The first-order chi connectivity index (χ1) is 6.26. The molecule has 1 aromatic carbocycles. The maximum absolute atomic E-state index is 10.9. The molecule has 0 aliphatic rings. The first kappa shape index (κ1) is 9.76. The number of benzene rings is 1. The number of ketones is 1. The average Bonchev–Trinajstić information content (AvgIpc) is 2.19. The van der Waals surface area contributed by atoms with Crippen molar-refractivity contribution in [3.05, 3.63) is 35.4 Å². The summed E-state index contributed by atoms with van der Waals surface area (Å²) in [6, 6.07) is 8.93. The summed E-state index contributed by atoms with van der Waals surface area (Å²) in [6.45, 7) is 0. The Morgan fingerprint density at radius 3 is 2.46 bits per heavy atom. The Kier molecular flexibility index (Phi) is 3.48. The second kappa shape index (κ2) is 4.64. The molecule has 13 heavy (non-hydrogen) atoms. The highest BCUT2D eigenvalue weighted by Gasteiger charge is 2.01. The molecule has 0 fully saturated rings. The fourth-order valence-corrected chi connectivity index (χ4v) is 1.07. The van der Waals surface area contributed by atoms with Gasteiger partial charge in [-0.25, -0.2) is 0 Å². The summed E-state index contributed by atoms with van der Waals surface area (Å²) in [6.07, 6.45) is 0.342. The molecule has 0 radical (unpaired) electrons. The van der Waals surface area contributed by atoms with Crippen LogP contribution in [0.15, 0.2) is 24.3 Å². The lowest BCUT2D eigenvalue weighted by Crippen LogP contribution is -2.03. The van der Waals surface area contributed by atoms with Crippen molar-refractivity contribution in [3.63, 3.8) is 0 Å². The lowest BCUT2D eigenvalue weighted by molar-refractivity contribution is -0.116. The minimum absolute atomic E-state index is 0.00799. The smallest absolute Gasteiger partial charge is 0.151 e. The van der Waals surface area contributed by atoms with Crippen LogP contribution in [0.5, 0.6) is 0 Å². The number of nitrogens with zero attached hydrogens (tertiary/aromatic N) is 1. The zero-order chi connectivity index (χ0) is 9.68. The molecule has 3 heteroatoms. The van der Waals surface area contributed by atoms with Crippen molar-refractivity contribution >= 4 is 17.4 Å². The van der Waals surface area contributed by atoms with Gasteiger partial charge in [-0.2, -0.15) is 5.26 Å². The third-order valence-corrected chi connectivity index (χ3v) is 1.93. The van der Waals surface area contributed by atoms with Gasteiger partial charge < -0.3 is 0 Å². The zero-order valence-electron chi connectivity index (χ0n) is 6.96. The van der Waals surface area contributed by atoms with Crippen LogP contribution in [0.25, 0.3) is 0 Å². The van der Waals surface area contributed by atoms with Crippen LogP contribution in [0.4, 0.5) is 0 Å². The second-order valence-corrected chi connectivity index (χ2v) is 2.93. The van der Waals surface area contributed by atoms with E-state index in [2.05, 4.69) is 0 Å². The molecule has 0 N–H and O–H groups in total. The van der Waals surface area contributed by atoms with Crippen LogP contribution >= 0.6 is 11.6 Å². The van der Waals surface area contributed by atoms with Gasteiger partial charge in [-0.1, -0.05) is 12.1 Å². The molecule has 0 atom stereocenters. The Balaban J connectivity index is 2.71. The van der Waals surface area contributed by atoms with Crippen molar-refractivity contribution in [2.45, 2.75) is 6.42 Å². The van der Waals surface area contributed by atoms with Crippen LogP contribution < -0.4 is 0 Å². The number of Topliss-reactive ketones (excluding diaryl/α,β-unsaturated/α-hetero) is 1. The monoisotopic (exact) mass is 193 g/mol. The van der Waals surface area contributed by atoms with Gasteiger partial charge in [0.25, 0.3) is 0 Å². The molecule has 0 spiro atoms. The van der Waals surface area contributed by atoms with Crippen molar-refractivity contribution in [3.8, 4) is 6.07 Å². The molecule has 0 aliphatic heterocycles. The molecule has 66 valence electrons. The molecule has 0 saturated heterocycles. The molecule has 0 amide bonds. The van der Waals surface area contributed by atoms with Gasteiger partial charge in [0.2, 0.25) is 0 Å². The first-order valence-corrected chi connectivity index (χ1v) is 4.36. The van der Waals surface area contributed by atoms with E-state index in [-0.39, 0.29) is 11.7 Å². The predicted molar refractivity (Wildman–Crippen MR) is 50.6 cm³/mol. The molecule has 0 aliphatic carbocycles. The lowest BCUT2D eigenvalue weighted by atomic mass is 10.1. The molecule has 1 rings (SSSR count). The topological polar surface area (TPSA) is 40.9 Å². The van der Waals surface area contributed by atoms with E-state index in [4.69, 9.17) is 16.9 Å². The maximum Gasteiger partial charge on any atom is 0.151 e. The number of nitriles is 1. The fourth-order valence-electron chi connectivity index (χ4n) is 0.972. The summed E-state index contributed by atoms with van der Waals surface area (Å²) in [5.41, 5.74) is 1.49. The molecule has 0 aromatic heterocycles. The van der Waals surface area contributed by atoms with Crippen LogP contribution in [0.3, 0.4) is 0 Å². The number of hydrogen-bond acceptors (Lipinski definition) is 2. The molecular formula is C10H8ClNO. The Hall–Kier alpha value is -1.33. The van der Waals surface area contributed by atoms with E-state index in [0.717, 1.165) is 5.56 Å². The molecule has 0 heterocycles. The standard InChI is InChI=1S/C10H8ClNO/c11-6-10(13)5-8-1-3-9(7-12)4-2-8/h1-4H,5-6H2.